The predicted octanol–water partition coefficient (Wildman–Crippen LogP) is 3.55. The van der Waals surface area contributed by atoms with Crippen LogP contribution in [-0.2, 0) is 14.3 Å². The van der Waals surface area contributed by atoms with Crippen LogP contribution >= 0.6 is 0 Å². The molecule has 0 radical (unpaired) electrons. The van der Waals surface area contributed by atoms with Crippen LogP contribution in [0.2, 0.25) is 0 Å². The summed E-state index contributed by atoms with van der Waals surface area (Å²) in [5.74, 6) is -5.07. The molecule has 1 atom stereocenters. The van der Waals surface area contributed by atoms with Gasteiger partial charge in [0.1, 0.15) is 0 Å². The molecule has 2 saturated heterocycles. The lowest BCUT2D eigenvalue weighted by Crippen LogP contribution is -2.56. The summed E-state index contributed by atoms with van der Waals surface area (Å²) >= 11 is 0. The maximum Gasteiger partial charge on any atom is 0.490 e. The second-order valence-electron chi connectivity index (χ2n) is 9.60. The molecule has 0 aromatic carbocycles. The molecular formula is C21H31F5N2O4. The summed E-state index contributed by atoms with van der Waals surface area (Å²) in [7, 11) is 2.20. The highest BCUT2D eigenvalue weighted by atomic mass is 19.4. The Labute approximate surface area is 184 Å². The first-order chi connectivity index (χ1) is 14.8. The maximum absolute atomic E-state index is 13.0. The van der Waals surface area contributed by atoms with Gasteiger partial charge in [-0.2, -0.15) is 13.2 Å². The van der Waals surface area contributed by atoms with E-state index >= 15 is 0 Å². The van der Waals surface area contributed by atoms with E-state index in [1.54, 1.807) is 0 Å². The van der Waals surface area contributed by atoms with Crippen molar-refractivity contribution >= 4 is 11.9 Å². The van der Waals surface area contributed by atoms with Crippen molar-refractivity contribution in [3.05, 3.63) is 0 Å². The molecule has 0 aromatic rings. The minimum absolute atomic E-state index is 0.0502. The van der Waals surface area contributed by atoms with Crippen LogP contribution in [0.15, 0.2) is 0 Å². The van der Waals surface area contributed by atoms with Crippen LogP contribution in [0.4, 0.5) is 22.0 Å². The number of ether oxygens (including phenoxy) is 1. The predicted molar refractivity (Wildman–Crippen MR) is 104 cm³/mol. The molecule has 32 heavy (non-hydrogen) atoms. The number of amides is 1. The molecule has 2 aliphatic carbocycles. The highest BCUT2D eigenvalue weighted by Crippen LogP contribution is 2.45. The monoisotopic (exact) mass is 470 g/mol. The molecule has 1 spiro atoms. The van der Waals surface area contributed by atoms with Gasteiger partial charge in [0.15, 0.2) is 0 Å². The van der Waals surface area contributed by atoms with Crippen LogP contribution in [0.1, 0.15) is 51.4 Å². The van der Waals surface area contributed by atoms with Crippen molar-refractivity contribution in [2.24, 2.45) is 11.8 Å². The van der Waals surface area contributed by atoms with Crippen LogP contribution in [0.3, 0.4) is 0 Å². The van der Waals surface area contributed by atoms with Crippen molar-refractivity contribution in [3.8, 4) is 0 Å². The Morgan fingerprint density at radius 1 is 1.03 bits per heavy atom. The number of nitrogens with zero attached hydrogens (tertiary/aromatic N) is 2. The first-order valence-electron chi connectivity index (χ1n) is 11.1. The lowest BCUT2D eigenvalue weighted by atomic mass is 9.79. The van der Waals surface area contributed by atoms with E-state index in [-0.39, 0.29) is 24.3 Å². The Morgan fingerprint density at radius 3 is 2.06 bits per heavy atom. The van der Waals surface area contributed by atoms with E-state index in [4.69, 9.17) is 14.6 Å². The fourth-order valence-corrected chi connectivity index (χ4v) is 4.88. The van der Waals surface area contributed by atoms with Crippen molar-refractivity contribution < 1.29 is 41.4 Å². The summed E-state index contributed by atoms with van der Waals surface area (Å²) in [5.41, 5.74) is 0.175. The molecule has 0 aromatic heterocycles. The van der Waals surface area contributed by atoms with E-state index < -0.39 is 24.0 Å². The van der Waals surface area contributed by atoms with E-state index in [1.165, 1.54) is 12.8 Å². The fourth-order valence-electron chi connectivity index (χ4n) is 4.88. The average Bonchev–Trinajstić information content (AvgIpc) is 3.47. The third-order valence-corrected chi connectivity index (χ3v) is 7.29. The molecule has 0 bridgehead atoms. The number of likely N-dealkylation sites (N-methyl/N-ethyl adjacent to an activating group) is 1. The van der Waals surface area contributed by atoms with E-state index in [9.17, 15) is 26.7 Å². The topological polar surface area (TPSA) is 70.1 Å². The molecule has 4 aliphatic rings. The molecule has 1 unspecified atom stereocenters. The van der Waals surface area contributed by atoms with Crippen LogP contribution in [0.25, 0.3) is 0 Å². The van der Waals surface area contributed by atoms with Crippen molar-refractivity contribution in [3.63, 3.8) is 0 Å². The Bertz CT molecular complexity index is 682. The molecule has 184 valence electrons. The first kappa shape index (κ1) is 25.1. The summed E-state index contributed by atoms with van der Waals surface area (Å²) < 4.78 is 63.7. The smallest absolute Gasteiger partial charge is 0.475 e. The van der Waals surface area contributed by atoms with Crippen LogP contribution in [0, 0.1) is 11.8 Å². The average molecular weight is 470 g/mol. The SMILES string of the molecule is CN1C(COCC2CC2)CCC12CCN(C(=O)C1CC(F)(F)C1)CC2.O=C(O)C(F)(F)F. The molecule has 4 fully saturated rings. The molecule has 2 saturated carbocycles. The quantitative estimate of drug-likeness (QED) is 0.623. The van der Waals surface area contributed by atoms with E-state index in [2.05, 4.69) is 11.9 Å². The van der Waals surface area contributed by atoms with Gasteiger partial charge in [-0.25, -0.2) is 13.6 Å². The molecule has 2 aliphatic heterocycles. The molecule has 6 nitrogen and oxygen atoms in total. The zero-order chi connectivity index (χ0) is 23.7. The lowest BCUT2D eigenvalue weighted by molar-refractivity contribution is -0.192. The summed E-state index contributed by atoms with van der Waals surface area (Å²) in [6.07, 6.45) is 1.27. The molecular weight excluding hydrogens is 439 g/mol. The number of alkyl halides is 5. The number of carbonyl (C=O) groups is 2. The molecule has 2 heterocycles. The maximum atomic E-state index is 13.0. The minimum Gasteiger partial charge on any atom is -0.475 e. The van der Waals surface area contributed by atoms with Gasteiger partial charge in [0.25, 0.3) is 0 Å². The van der Waals surface area contributed by atoms with Crippen molar-refractivity contribution in [1.29, 1.82) is 0 Å². The number of carboxylic acid groups (broad SMARTS) is 1. The second kappa shape index (κ2) is 9.40. The van der Waals surface area contributed by atoms with Gasteiger partial charge >= 0.3 is 12.1 Å². The molecule has 11 heteroatoms. The highest BCUT2D eigenvalue weighted by molar-refractivity contribution is 5.80. The Morgan fingerprint density at radius 2 is 1.59 bits per heavy atom. The standard InChI is InChI=1S/C19H30F2N2O2.C2HF3O2/c1-22-16(13-25-12-14-2-3-14)4-5-18(22)6-8-23(9-7-18)17(24)15-10-19(20,21)11-15;3-2(4,5)1(6)7/h14-16H,2-13H2,1H3;(H,6,7). The van der Waals surface area contributed by atoms with Gasteiger partial charge in [0.05, 0.1) is 6.61 Å². The van der Waals surface area contributed by atoms with Crippen molar-refractivity contribution in [2.75, 3.05) is 33.4 Å². The minimum atomic E-state index is -5.08. The Kier molecular flexibility index (Phi) is 7.39. The zero-order valence-electron chi connectivity index (χ0n) is 18.2. The van der Waals surface area contributed by atoms with Crippen molar-refractivity contribution in [1.82, 2.24) is 9.80 Å². The number of halogens is 5. The van der Waals surface area contributed by atoms with Crippen molar-refractivity contribution in [2.45, 2.75) is 75.0 Å². The van der Waals surface area contributed by atoms with E-state index in [1.807, 2.05) is 4.90 Å². The third kappa shape index (κ3) is 6.09. The highest BCUT2D eigenvalue weighted by Gasteiger charge is 2.51. The number of hydrogen-bond donors (Lipinski definition) is 1. The van der Waals surface area contributed by atoms with E-state index in [0.29, 0.717) is 19.1 Å². The number of likely N-dealkylation sites (tertiary alicyclic amines) is 2. The van der Waals surface area contributed by atoms with Crippen LogP contribution in [0.5, 0.6) is 0 Å². The number of hydrogen-bond acceptors (Lipinski definition) is 4. The lowest BCUT2D eigenvalue weighted by Gasteiger charge is -2.46. The van der Waals surface area contributed by atoms with Gasteiger partial charge in [-0.15, -0.1) is 0 Å². The summed E-state index contributed by atoms with van der Waals surface area (Å²) in [5, 5.41) is 7.12. The summed E-state index contributed by atoms with van der Waals surface area (Å²) in [6, 6.07) is 0.478. The largest absolute Gasteiger partial charge is 0.490 e. The van der Waals surface area contributed by atoms with Gasteiger partial charge in [0, 0.05) is 50.0 Å². The van der Waals surface area contributed by atoms with Gasteiger partial charge in [-0.05, 0) is 51.5 Å². The first-order valence-corrected chi connectivity index (χ1v) is 11.1. The zero-order valence-corrected chi connectivity index (χ0v) is 18.2. The normalized spacial score (nSPS) is 27.6. The van der Waals surface area contributed by atoms with Gasteiger partial charge in [0.2, 0.25) is 11.8 Å². The Balaban J connectivity index is 0.000000360. The number of carbonyl (C=O) groups excluding carboxylic acids is 1. The molecule has 1 amide bonds. The fraction of sp³-hybridized carbons (Fsp3) is 0.905. The molecule has 4 rings (SSSR count). The number of piperidine rings is 1. The van der Waals surface area contributed by atoms with Gasteiger partial charge in [-0.3, -0.25) is 9.69 Å². The number of aliphatic carboxylic acids is 1. The molecule has 1 N–H and O–H groups in total. The van der Waals surface area contributed by atoms with E-state index in [0.717, 1.165) is 44.8 Å². The third-order valence-electron chi connectivity index (χ3n) is 7.29. The Hall–Kier alpha value is -1.49. The van der Waals surface area contributed by atoms with Crippen LogP contribution < -0.4 is 0 Å². The van der Waals surface area contributed by atoms with Crippen LogP contribution in [-0.4, -0.2) is 83.8 Å². The number of rotatable bonds is 5. The summed E-state index contributed by atoms with van der Waals surface area (Å²) in [4.78, 5) is 25.6. The number of carboxylic acids is 1. The van der Waals surface area contributed by atoms with Gasteiger partial charge in [-0.1, -0.05) is 0 Å². The van der Waals surface area contributed by atoms with Gasteiger partial charge < -0.3 is 14.7 Å². The second-order valence-corrected chi connectivity index (χ2v) is 9.60. The summed E-state index contributed by atoms with van der Waals surface area (Å²) in [6.45, 7) is 3.14.